The lowest BCUT2D eigenvalue weighted by molar-refractivity contribution is 1.18. The second-order valence-electron chi connectivity index (χ2n) is 5.97. The summed E-state index contributed by atoms with van der Waals surface area (Å²) in [5, 5.41) is 9.54. The molecule has 4 aromatic rings. The van der Waals surface area contributed by atoms with Gasteiger partial charge in [-0.05, 0) is 31.2 Å². The fraction of sp³-hybridized carbons (Fsp3) is 0.0500. The van der Waals surface area contributed by atoms with Crippen LogP contribution in [0.2, 0.25) is 5.15 Å². The van der Waals surface area contributed by atoms with Crippen molar-refractivity contribution in [2.75, 3.05) is 0 Å². The van der Waals surface area contributed by atoms with Crippen LogP contribution >= 0.6 is 11.6 Å². The van der Waals surface area contributed by atoms with E-state index in [1.807, 2.05) is 19.1 Å². The number of hydrogen-bond acceptors (Lipinski definition) is 5. The summed E-state index contributed by atoms with van der Waals surface area (Å²) in [5.74, 6) is 0. The topological polar surface area (TPSA) is 95.3 Å². The van der Waals surface area contributed by atoms with Crippen LogP contribution < -0.4 is 5.43 Å². The first-order chi connectivity index (χ1) is 13.0. The first-order valence-corrected chi connectivity index (χ1v) is 8.47. The highest BCUT2D eigenvalue weighted by Crippen LogP contribution is 2.31. The predicted octanol–water partition coefficient (Wildman–Crippen LogP) is 3.88. The van der Waals surface area contributed by atoms with Crippen LogP contribution in [0.25, 0.3) is 33.7 Å². The highest BCUT2D eigenvalue weighted by molar-refractivity contribution is 6.29. The number of aromatic nitrogens is 4. The monoisotopic (exact) mass is 373 g/mol. The maximum Gasteiger partial charge on any atom is 0.209 e. The van der Waals surface area contributed by atoms with E-state index in [1.165, 1.54) is 12.3 Å². The van der Waals surface area contributed by atoms with E-state index in [1.54, 1.807) is 24.3 Å². The van der Waals surface area contributed by atoms with Crippen molar-refractivity contribution < 1.29 is 0 Å². The summed E-state index contributed by atoms with van der Waals surface area (Å²) in [5.41, 5.74) is 4.07. The van der Waals surface area contributed by atoms with E-state index in [0.29, 0.717) is 38.9 Å². The van der Waals surface area contributed by atoms with Gasteiger partial charge in [-0.15, -0.1) is 0 Å². The van der Waals surface area contributed by atoms with Crippen molar-refractivity contribution in [3.63, 3.8) is 0 Å². The first kappa shape index (κ1) is 16.9. The Balaban J connectivity index is 2.09. The predicted molar refractivity (Wildman–Crippen MR) is 103 cm³/mol. The maximum atomic E-state index is 12.2. The quantitative estimate of drug-likeness (QED) is 0.538. The van der Waals surface area contributed by atoms with Gasteiger partial charge in [-0.2, -0.15) is 5.26 Å². The van der Waals surface area contributed by atoms with Crippen LogP contribution in [-0.2, 0) is 0 Å². The van der Waals surface area contributed by atoms with Crippen LogP contribution in [0, 0.1) is 18.3 Å². The number of rotatable bonds is 2. The number of benzene rings is 1. The molecule has 0 fully saturated rings. The van der Waals surface area contributed by atoms with Crippen LogP contribution in [0.5, 0.6) is 0 Å². The zero-order chi connectivity index (χ0) is 19.0. The molecule has 0 saturated heterocycles. The van der Waals surface area contributed by atoms with Crippen LogP contribution in [0.3, 0.4) is 0 Å². The van der Waals surface area contributed by atoms with Gasteiger partial charge in [0.15, 0.2) is 11.2 Å². The molecule has 0 radical (unpaired) electrons. The minimum absolute atomic E-state index is 0.230. The van der Waals surface area contributed by atoms with E-state index in [4.69, 9.17) is 11.6 Å². The summed E-state index contributed by atoms with van der Waals surface area (Å²) < 4.78 is 0. The Hall–Kier alpha value is -3.56. The van der Waals surface area contributed by atoms with Gasteiger partial charge in [0.1, 0.15) is 5.15 Å². The summed E-state index contributed by atoms with van der Waals surface area (Å²) in [6.07, 6.45) is 1.53. The number of halogens is 1. The molecular formula is C20H12ClN5O. The van der Waals surface area contributed by atoms with Crippen LogP contribution in [-0.4, -0.2) is 19.9 Å². The van der Waals surface area contributed by atoms with Gasteiger partial charge in [0.25, 0.3) is 0 Å². The van der Waals surface area contributed by atoms with Crippen molar-refractivity contribution in [1.29, 1.82) is 5.26 Å². The van der Waals surface area contributed by atoms with Crippen molar-refractivity contribution in [3.05, 3.63) is 75.3 Å². The number of nitrogens with zero attached hydrogens (tertiary/aromatic N) is 4. The second-order valence-corrected chi connectivity index (χ2v) is 6.36. The van der Waals surface area contributed by atoms with Crippen molar-refractivity contribution in [2.24, 2.45) is 0 Å². The summed E-state index contributed by atoms with van der Waals surface area (Å²) in [6.45, 7) is 1.83. The summed E-state index contributed by atoms with van der Waals surface area (Å²) in [6, 6.07) is 14.1. The smallest absolute Gasteiger partial charge is 0.209 e. The molecule has 0 aliphatic carbocycles. The normalized spacial score (nSPS) is 10.7. The van der Waals surface area contributed by atoms with Crippen LogP contribution in [0.15, 0.2) is 53.5 Å². The minimum Gasteiger partial charge on any atom is -0.345 e. The molecular weight excluding hydrogens is 362 g/mol. The third-order valence-corrected chi connectivity index (χ3v) is 4.24. The molecule has 1 aromatic carbocycles. The molecule has 3 heterocycles. The molecule has 4 rings (SSSR count). The molecule has 0 atom stereocenters. The SMILES string of the molecule is Cc1cc(-c2nc3c(=O)cc[nH]c3nc2-c2cccc(C#N)c2)cc(Cl)n1. The van der Waals surface area contributed by atoms with E-state index in [0.717, 1.165) is 5.69 Å². The van der Waals surface area contributed by atoms with Gasteiger partial charge in [-0.25, -0.2) is 15.0 Å². The zero-order valence-electron chi connectivity index (χ0n) is 14.2. The Kier molecular flexibility index (Phi) is 4.15. The Morgan fingerprint density at radius 3 is 2.63 bits per heavy atom. The molecule has 0 spiro atoms. The van der Waals surface area contributed by atoms with Gasteiger partial charge < -0.3 is 4.98 Å². The molecule has 0 saturated carbocycles. The lowest BCUT2D eigenvalue weighted by Gasteiger charge is -2.11. The molecule has 3 aromatic heterocycles. The van der Waals surface area contributed by atoms with Gasteiger partial charge in [0.2, 0.25) is 5.43 Å². The van der Waals surface area contributed by atoms with Crippen molar-refractivity contribution in [3.8, 4) is 28.6 Å². The molecule has 0 unspecified atom stereocenters. The van der Waals surface area contributed by atoms with Gasteiger partial charge in [0, 0.05) is 29.1 Å². The molecule has 0 aliphatic rings. The highest BCUT2D eigenvalue weighted by Gasteiger charge is 2.16. The van der Waals surface area contributed by atoms with E-state index < -0.39 is 0 Å². The summed E-state index contributed by atoms with van der Waals surface area (Å²) >= 11 is 6.13. The summed E-state index contributed by atoms with van der Waals surface area (Å²) in [4.78, 5) is 28.6. The molecule has 130 valence electrons. The number of nitrogens with one attached hydrogen (secondary N) is 1. The third kappa shape index (κ3) is 3.16. The average molecular weight is 374 g/mol. The number of aromatic amines is 1. The van der Waals surface area contributed by atoms with Gasteiger partial charge >= 0.3 is 0 Å². The molecule has 0 aliphatic heterocycles. The van der Waals surface area contributed by atoms with Gasteiger partial charge in [-0.1, -0.05) is 23.7 Å². The average Bonchev–Trinajstić information content (AvgIpc) is 2.67. The van der Waals surface area contributed by atoms with E-state index in [9.17, 15) is 10.1 Å². The molecule has 6 nitrogen and oxygen atoms in total. The lowest BCUT2D eigenvalue weighted by Crippen LogP contribution is -2.07. The van der Waals surface area contributed by atoms with Crippen molar-refractivity contribution in [2.45, 2.75) is 6.92 Å². The Labute approximate surface area is 159 Å². The van der Waals surface area contributed by atoms with Crippen molar-refractivity contribution in [1.82, 2.24) is 19.9 Å². The number of fused-ring (bicyclic) bond motifs is 1. The highest BCUT2D eigenvalue weighted by atomic mass is 35.5. The van der Waals surface area contributed by atoms with E-state index in [-0.39, 0.29) is 10.9 Å². The molecule has 0 amide bonds. The second kappa shape index (κ2) is 6.63. The molecule has 1 N–H and O–H groups in total. The first-order valence-electron chi connectivity index (χ1n) is 8.10. The molecule has 7 heteroatoms. The fourth-order valence-electron chi connectivity index (χ4n) is 2.89. The Bertz CT molecular complexity index is 1270. The standard InChI is InChI=1S/C20H12ClN5O/c1-11-7-14(9-16(21)24-11)18-17(13-4-2-3-12(8-13)10-22)26-20-19(25-18)15(27)5-6-23-20/h2-9H,1H3,(H,23,26,27). The summed E-state index contributed by atoms with van der Waals surface area (Å²) in [7, 11) is 0. The largest absolute Gasteiger partial charge is 0.345 e. The van der Waals surface area contributed by atoms with Crippen molar-refractivity contribution >= 4 is 22.8 Å². The van der Waals surface area contributed by atoms with Crippen LogP contribution in [0.1, 0.15) is 11.3 Å². The third-order valence-electron chi connectivity index (χ3n) is 4.04. The van der Waals surface area contributed by atoms with Gasteiger partial charge in [0.05, 0.1) is 23.0 Å². The zero-order valence-corrected chi connectivity index (χ0v) is 14.9. The number of nitriles is 1. The Morgan fingerprint density at radius 1 is 1.04 bits per heavy atom. The number of hydrogen-bond donors (Lipinski definition) is 1. The van der Waals surface area contributed by atoms with E-state index in [2.05, 4.69) is 26.0 Å². The molecule has 0 bridgehead atoms. The number of aryl methyl sites for hydroxylation is 1. The maximum absolute atomic E-state index is 12.2. The fourth-order valence-corrected chi connectivity index (χ4v) is 3.14. The molecule has 27 heavy (non-hydrogen) atoms. The van der Waals surface area contributed by atoms with Crippen LogP contribution in [0.4, 0.5) is 0 Å². The number of H-pyrrole nitrogens is 1. The Morgan fingerprint density at radius 2 is 1.85 bits per heavy atom. The van der Waals surface area contributed by atoms with E-state index >= 15 is 0 Å². The van der Waals surface area contributed by atoms with Gasteiger partial charge in [-0.3, -0.25) is 4.79 Å². The minimum atomic E-state index is -0.230. The lowest BCUT2D eigenvalue weighted by atomic mass is 10.0. The number of pyridine rings is 2.